The molecule has 10 heteroatoms. The Kier molecular flexibility index (Phi) is 11.2. The molecule has 0 saturated carbocycles. The molecule has 0 aromatic carbocycles. The van der Waals surface area contributed by atoms with Crippen LogP contribution in [0.4, 0.5) is 22.0 Å². The van der Waals surface area contributed by atoms with Crippen molar-refractivity contribution in [3.05, 3.63) is 0 Å². The van der Waals surface area contributed by atoms with E-state index in [1.165, 1.54) is 0 Å². The van der Waals surface area contributed by atoms with Gasteiger partial charge in [-0.15, -0.1) is 0 Å². The van der Waals surface area contributed by atoms with Gasteiger partial charge in [-0.3, -0.25) is 0 Å². The topological polar surface area (TPSA) is 57.2 Å². The minimum Gasteiger partial charge on any atom is -0.743 e. The first kappa shape index (κ1) is 24.4. The molecule has 0 N–H and O–H groups in total. The zero-order valence-corrected chi connectivity index (χ0v) is 13.6. The van der Waals surface area contributed by atoms with Crippen LogP contribution < -0.4 is 18.9 Å². The average molecular weight is 346 g/mol. The summed E-state index contributed by atoms with van der Waals surface area (Å²) in [5.74, 6) is -5.52. The third kappa shape index (κ3) is 6.73. The van der Waals surface area contributed by atoms with Crippen LogP contribution in [0.25, 0.3) is 0 Å². The quantitative estimate of drug-likeness (QED) is 0.245. The Bertz CT molecular complexity index is 404. The fraction of sp³-hybridized carbons (Fsp3) is 1.00. The molecule has 0 heterocycles. The Balaban J connectivity index is 0. The molecule has 0 saturated heterocycles. The van der Waals surface area contributed by atoms with E-state index in [2.05, 4.69) is 0 Å². The molecule has 1 atom stereocenters. The molecule has 0 fully saturated rings. The normalized spacial score (nSPS) is 14.5. The fourth-order valence-electron chi connectivity index (χ4n) is 1.81. The molecule has 0 aromatic heterocycles. The summed E-state index contributed by atoms with van der Waals surface area (Å²) in [6, 6.07) is 0. The van der Waals surface area contributed by atoms with Crippen LogP contribution in [0.3, 0.4) is 0 Å². The van der Waals surface area contributed by atoms with Gasteiger partial charge in [-0.1, -0.05) is 51.9 Å². The van der Waals surface area contributed by atoms with Gasteiger partial charge in [-0.05, 0) is 6.42 Å². The minimum atomic E-state index is -6.62. The molecule has 0 aliphatic rings. The summed E-state index contributed by atoms with van der Waals surface area (Å²) >= 11 is 0. The molecule has 128 valence electrons. The van der Waals surface area contributed by atoms with Crippen LogP contribution in [0.1, 0.15) is 58.3 Å². The Hall–Kier alpha value is 0.157. The molecule has 0 aliphatic carbocycles. The van der Waals surface area contributed by atoms with Gasteiger partial charge >= 0.3 is 30.0 Å². The van der Waals surface area contributed by atoms with Crippen LogP contribution >= 0.6 is 0 Å². The van der Waals surface area contributed by atoms with E-state index in [1.807, 2.05) is 6.92 Å². The number of hydrogen-bond donors (Lipinski definition) is 0. The van der Waals surface area contributed by atoms with E-state index in [-0.39, 0.29) is 25.3 Å². The maximum atomic E-state index is 13.2. The van der Waals surface area contributed by atoms with Crippen LogP contribution in [0.5, 0.6) is 0 Å². The molecule has 0 aromatic rings. The van der Waals surface area contributed by atoms with Crippen molar-refractivity contribution in [2.24, 2.45) is 0 Å². The Morgan fingerprint density at radius 3 is 1.77 bits per heavy atom. The number of rotatable bonds is 11. The average Bonchev–Trinajstić information content (AvgIpc) is 2.35. The maximum absolute atomic E-state index is 13.2. The van der Waals surface area contributed by atoms with E-state index < -0.39 is 33.9 Å². The van der Waals surface area contributed by atoms with Crippen molar-refractivity contribution in [2.75, 3.05) is 0 Å². The van der Waals surface area contributed by atoms with Gasteiger partial charge in [0.25, 0.3) is 0 Å². The van der Waals surface area contributed by atoms with Gasteiger partial charge in [0, 0.05) is 0 Å². The summed E-state index contributed by atoms with van der Waals surface area (Å²) in [5.41, 5.74) is 0. The first-order valence-electron chi connectivity index (χ1n) is 6.83. The van der Waals surface area contributed by atoms with Gasteiger partial charge in [0.2, 0.25) is 0 Å². The molecule has 0 aliphatic heterocycles. The van der Waals surface area contributed by atoms with Crippen LogP contribution in [-0.4, -0.2) is 30.3 Å². The van der Waals surface area contributed by atoms with Crippen LogP contribution in [0.15, 0.2) is 0 Å². The van der Waals surface area contributed by atoms with Crippen LogP contribution in [0, 0.1) is 0 Å². The standard InChI is InChI=1S/C12H21F5O3S.Li/c1-2-3-4-5-6-7-8-9-10(13)11(14,15)12(16,17)21(18,19)20;/h10H,2-9H2,1H3,(H,18,19,20);/q;+1/p-1. The van der Waals surface area contributed by atoms with E-state index in [9.17, 15) is 34.9 Å². The first-order valence-corrected chi connectivity index (χ1v) is 8.24. The molecule has 3 nitrogen and oxygen atoms in total. The third-order valence-corrected chi connectivity index (χ3v) is 4.06. The zero-order chi connectivity index (χ0) is 16.7. The molecule has 0 bridgehead atoms. The van der Waals surface area contributed by atoms with Gasteiger partial charge in [0.05, 0.1) is 0 Å². The summed E-state index contributed by atoms with van der Waals surface area (Å²) < 4.78 is 95.3. The smallest absolute Gasteiger partial charge is 0.743 e. The largest absolute Gasteiger partial charge is 1.00 e. The summed E-state index contributed by atoms with van der Waals surface area (Å²) in [7, 11) is -6.62. The number of alkyl halides is 5. The van der Waals surface area contributed by atoms with E-state index >= 15 is 0 Å². The van der Waals surface area contributed by atoms with Crippen molar-refractivity contribution in [3.63, 3.8) is 0 Å². The molecular weight excluding hydrogens is 326 g/mol. The monoisotopic (exact) mass is 346 g/mol. The van der Waals surface area contributed by atoms with Gasteiger partial charge < -0.3 is 4.55 Å². The summed E-state index contributed by atoms with van der Waals surface area (Å²) in [6.07, 6.45) is 0.542. The third-order valence-electron chi connectivity index (χ3n) is 3.16. The van der Waals surface area contributed by atoms with Crippen LogP contribution in [-0.2, 0) is 10.1 Å². The molecular formula is C12H20F5LiO3S. The SMILES string of the molecule is CCCCCCCCCC(F)C(F)(F)C(F)(F)S(=O)(=O)[O-].[Li+]. The summed E-state index contributed by atoms with van der Waals surface area (Å²) in [5, 5.41) is -5.94. The second-order valence-corrected chi connectivity index (χ2v) is 6.39. The Morgan fingerprint density at radius 2 is 1.36 bits per heavy atom. The van der Waals surface area contributed by atoms with Gasteiger partial charge in [-0.2, -0.15) is 17.6 Å². The molecule has 0 rings (SSSR count). The second kappa shape index (κ2) is 10.1. The Labute approximate surface area is 140 Å². The van der Waals surface area contributed by atoms with E-state index in [0.29, 0.717) is 12.8 Å². The number of unbranched alkanes of at least 4 members (excludes halogenated alkanes) is 6. The van der Waals surface area contributed by atoms with Crippen molar-refractivity contribution >= 4 is 10.1 Å². The number of halogens is 5. The van der Waals surface area contributed by atoms with E-state index in [4.69, 9.17) is 0 Å². The molecule has 0 amide bonds. The molecule has 0 radical (unpaired) electrons. The molecule has 0 spiro atoms. The van der Waals surface area contributed by atoms with E-state index in [1.54, 1.807) is 0 Å². The minimum absolute atomic E-state index is 0. The number of hydrogen-bond acceptors (Lipinski definition) is 3. The Morgan fingerprint density at radius 1 is 0.955 bits per heavy atom. The van der Waals surface area contributed by atoms with Crippen molar-refractivity contribution in [1.82, 2.24) is 0 Å². The summed E-state index contributed by atoms with van der Waals surface area (Å²) in [6.45, 7) is 2.01. The zero-order valence-electron chi connectivity index (χ0n) is 12.8. The first-order chi connectivity index (χ1) is 9.48. The maximum Gasteiger partial charge on any atom is 1.00 e. The van der Waals surface area contributed by atoms with E-state index in [0.717, 1.165) is 25.7 Å². The predicted octanol–water partition coefficient (Wildman–Crippen LogP) is 1.24. The van der Waals surface area contributed by atoms with Crippen LogP contribution in [0.2, 0.25) is 0 Å². The van der Waals surface area contributed by atoms with Gasteiger partial charge in [0.1, 0.15) is 0 Å². The van der Waals surface area contributed by atoms with Gasteiger partial charge in [-0.25, -0.2) is 12.8 Å². The second-order valence-electron chi connectivity index (χ2n) is 4.97. The fourth-order valence-corrected chi connectivity index (χ4v) is 2.27. The van der Waals surface area contributed by atoms with Crippen molar-refractivity contribution in [1.29, 1.82) is 0 Å². The molecule has 22 heavy (non-hydrogen) atoms. The summed E-state index contributed by atoms with van der Waals surface area (Å²) in [4.78, 5) is 0. The predicted molar refractivity (Wildman–Crippen MR) is 67.1 cm³/mol. The van der Waals surface area contributed by atoms with Gasteiger partial charge in [0.15, 0.2) is 16.3 Å². The van der Waals surface area contributed by atoms with Crippen molar-refractivity contribution in [3.8, 4) is 0 Å². The van der Waals surface area contributed by atoms with Crippen molar-refractivity contribution < 1.29 is 53.8 Å². The molecule has 1 unspecified atom stereocenters. The van der Waals surface area contributed by atoms with Crippen molar-refractivity contribution in [2.45, 2.75) is 75.6 Å².